The molecule has 3 heterocycles. The minimum absolute atomic E-state index is 0.0315. The maximum Gasteiger partial charge on any atom is 0.280 e. The van der Waals surface area contributed by atoms with Gasteiger partial charge >= 0.3 is 0 Å². The molecule has 1 aliphatic rings. The number of H-pyrrole nitrogens is 1. The standard InChI is InChI=1S/C27H49N5O6Si2/c1-16(2)22(33)30-25-29-21-18(23(34)31-25)28-15-32(21)24-20(35-9)19(38-40(12,13)27(6,7)8)17(37-24)14-36-39(10,11)26(3,4)5/h15-17,19-20,24H,14H2,1-13H3,(H2,29,30,31,33,34)/t17-,19?,20-,24-/m1/s1. The van der Waals surface area contributed by atoms with Gasteiger partial charge in [0.25, 0.3) is 5.56 Å². The molecule has 1 saturated heterocycles. The van der Waals surface area contributed by atoms with Crippen LogP contribution in [0.25, 0.3) is 11.2 Å². The predicted octanol–water partition coefficient (Wildman–Crippen LogP) is 5.04. The number of carbonyl (C=O) groups is 1. The number of aromatic nitrogens is 4. The number of imidazole rings is 1. The molecule has 13 heteroatoms. The Balaban J connectivity index is 2.05. The number of carbonyl (C=O) groups excluding carboxylic acids is 1. The van der Waals surface area contributed by atoms with Gasteiger partial charge in [0.05, 0.1) is 12.9 Å². The van der Waals surface area contributed by atoms with Gasteiger partial charge in [-0.25, -0.2) is 4.98 Å². The lowest BCUT2D eigenvalue weighted by molar-refractivity contribution is -0.118. The first kappa shape index (κ1) is 32.6. The summed E-state index contributed by atoms with van der Waals surface area (Å²) >= 11 is 0. The van der Waals surface area contributed by atoms with Crippen molar-refractivity contribution in [1.82, 2.24) is 19.5 Å². The molecule has 3 rings (SSSR count). The molecule has 0 spiro atoms. The molecule has 1 amide bonds. The maximum absolute atomic E-state index is 12.8. The monoisotopic (exact) mass is 595 g/mol. The fourth-order valence-corrected chi connectivity index (χ4v) is 6.25. The van der Waals surface area contributed by atoms with Crippen LogP contribution in [-0.2, 0) is 23.1 Å². The first-order valence-electron chi connectivity index (χ1n) is 14.0. The van der Waals surface area contributed by atoms with Gasteiger partial charge < -0.3 is 18.3 Å². The van der Waals surface area contributed by atoms with Crippen LogP contribution in [0.5, 0.6) is 0 Å². The highest BCUT2D eigenvalue weighted by Gasteiger charge is 2.52. The fraction of sp³-hybridized carbons (Fsp3) is 0.778. The van der Waals surface area contributed by atoms with Crippen LogP contribution in [0.1, 0.15) is 61.6 Å². The van der Waals surface area contributed by atoms with Gasteiger partial charge in [-0.05, 0) is 36.3 Å². The highest BCUT2D eigenvalue weighted by atomic mass is 28.4. The van der Waals surface area contributed by atoms with Crippen molar-refractivity contribution < 1.29 is 23.1 Å². The van der Waals surface area contributed by atoms with E-state index in [0.29, 0.717) is 6.61 Å². The normalized spacial score (nSPS) is 22.9. The Morgan fingerprint density at radius 1 is 1.10 bits per heavy atom. The van der Waals surface area contributed by atoms with Crippen molar-refractivity contribution >= 4 is 39.7 Å². The van der Waals surface area contributed by atoms with Gasteiger partial charge in [0.2, 0.25) is 11.9 Å². The first-order chi connectivity index (χ1) is 18.2. The Labute approximate surface area is 240 Å². The van der Waals surface area contributed by atoms with Crippen LogP contribution in [0.15, 0.2) is 11.1 Å². The smallest absolute Gasteiger partial charge is 0.280 e. The molecule has 0 saturated carbocycles. The summed E-state index contributed by atoms with van der Waals surface area (Å²) in [6.45, 7) is 25.9. The average molecular weight is 596 g/mol. The van der Waals surface area contributed by atoms with Crippen molar-refractivity contribution in [3.63, 3.8) is 0 Å². The summed E-state index contributed by atoms with van der Waals surface area (Å²) < 4.78 is 27.9. The van der Waals surface area contributed by atoms with E-state index in [9.17, 15) is 9.59 Å². The van der Waals surface area contributed by atoms with Gasteiger partial charge in [-0.15, -0.1) is 0 Å². The van der Waals surface area contributed by atoms with Crippen LogP contribution < -0.4 is 10.9 Å². The Hall–Kier alpha value is -1.91. The zero-order valence-corrected chi connectivity index (χ0v) is 28.5. The number of hydrogen-bond donors (Lipinski definition) is 2. The molecule has 0 bridgehead atoms. The third kappa shape index (κ3) is 6.60. The highest BCUT2D eigenvalue weighted by Crippen LogP contribution is 2.43. The number of rotatable bonds is 9. The summed E-state index contributed by atoms with van der Waals surface area (Å²) in [5, 5.41) is 2.67. The van der Waals surface area contributed by atoms with E-state index in [0.717, 1.165) is 0 Å². The second-order valence-corrected chi connectivity index (χ2v) is 23.6. The number of ether oxygens (including phenoxy) is 2. The second kappa shape index (κ2) is 11.4. The third-order valence-corrected chi connectivity index (χ3v) is 17.7. The van der Waals surface area contributed by atoms with E-state index in [1.165, 1.54) is 6.33 Å². The fourth-order valence-electron chi connectivity index (χ4n) is 3.92. The molecule has 2 aromatic heterocycles. The van der Waals surface area contributed by atoms with E-state index in [1.54, 1.807) is 25.5 Å². The molecule has 226 valence electrons. The molecular formula is C27H49N5O6Si2. The number of methoxy groups -OCH3 is 1. The van der Waals surface area contributed by atoms with Gasteiger partial charge in [-0.3, -0.25) is 24.5 Å². The highest BCUT2D eigenvalue weighted by molar-refractivity contribution is 6.74. The van der Waals surface area contributed by atoms with Gasteiger partial charge in [-0.1, -0.05) is 55.4 Å². The quantitative estimate of drug-likeness (QED) is 0.386. The molecule has 1 unspecified atom stereocenters. The van der Waals surface area contributed by atoms with Crippen LogP contribution in [0.4, 0.5) is 5.95 Å². The SMILES string of the molecule is CO[C@@H]1C(O[Si](C)(C)C(C)(C)C)[C@@H](CO[Si](C)(C)C(C)(C)C)O[C@H]1n1cnc2c(=O)[nH]c(NC(=O)C(C)C)nc21. The number of anilines is 1. The molecule has 1 fully saturated rings. The predicted molar refractivity (Wildman–Crippen MR) is 162 cm³/mol. The van der Waals surface area contributed by atoms with Gasteiger partial charge in [-0.2, -0.15) is 4.98 Å². The van der Waals surface area contributed by atoms with Crippen molar-refractivity contribution in [2.45, 2.75) is 116 Å². The lowest BCUT2D eigenvalue weighted by atomic mass is 10.1. The summed E-state index contributed by atoms with van der Waals surface area (Å²) in [5.41, 5.74) is -0.0302. The van der Waals surface area contributed by atoms with Crippen LogP contribution in [0.3, 0.4) is 0 Å². The van der Waals surface area contributed by atoms with E-state index >= 15 is 0 Å². The topological polar surface area (TPSA) is 130 Å². The van der Waals surface area contributed by atoms with Crippen LogP contribution in [-0.4, -0.2) is 74.1 Å². The lowest BCUT2D eigenvalue weighted by Gasteiger charge is -2.41. The molecule has 0 aliphatic carbocycles. The van der Waals surface area contributed by atoms with Crippen molar-refractivity contribution in [3.8, 4) is 0 Å². The Kier molecular flexibility index (Phi) is 9.30. The number of hydrogen-bond acceptors (Lipinski definition) is 8. The number of fused-ring (bicyclic) bond motifs is 1. The van der Waals surface area contributed by atoms with Crippen molar-refractivity contribution in [2.24, 2.45) is 5.92 Å². The summed E-state index contributed by atoms with van der Waals surface area (Å²) in [7, 11) is -2.69. The molecule has 40 heavy (non-hydrogen) atoms. The first-order valence-corrected chi connectivity index (χ1v) is 19.8. The Bertz CT molecular complexity index is 1260. The van der Waals surface area contributed by atoms with Crippen molar-refractivity contribution in [2.75, 3.05) is 19.0 Å². The minimum atomic E-state index is -2.24. The molecule has 0 radical (unpaired) electrons. The molecule has 11 nitrogen and oxygen atoms in total. The van der Waals surface area contributed by atoms with Crippen LogP contribution in [0.2, 0.25) is 36.3 Å². The van der Waals surface area contributed by atoms with Crippen LogP contribution in [0, 0.1) is 5.92 Å². The molecular weight excluding hydrogens is 546 g/mol. The zero-order chi connectivity index (χ0) is 30.4. The molecule has 2 aromatic rings. The summed E-state index contributed by atoms with van der Waals surface area (Å²) in [5.74, 6) is -0.486. The Morgan fingerprint density at radius 2 is 1.70 bits per heavy atom. The molecule has 0 aromatic carbocycles. The Morgan fingerprint density at radius 3 is 2.23 bits per heavy atom. The molecule has 4 atom stereocenters. The van der Waals surface area contributed by atoms with Gasteiger partial charge in [0.15, 0.2) is 34.0 Å². The zero-order valence-electron chi connectivity index (χ0n) is 26.5. The van der Waals surface area contributed by atoms with E-state index in [2.05, 4.69) is 88.0 Å². The second-order valence-electron chi connectivity index (χ2n) is 14.1. The summed E-state index contributed by atoms with van der Waals surface area (Å²) in [6, 6.07) is 0. The van der Waals surface area contributed by atoms with E-state index in [-0.39, 0.29) is 39.0 Å². The average Bonchev–Trinajstić information content (AvgIpc) is 3.37. The largest absolute Gasteiger partial charge is 0.414 e. The van der Waals surface area contributed by atoms with E-state index in [1.807, 2.05) is 0 Å². The van der Waals surface area contributed by atoms with Gasteiger partial charge in [0, 0.05) is 13.0 Å². The molecule has 2 N–H and O–H groups in total. The number of nitrogens with zero attached hydrogens (tertiary/aromatic N) is 3. The van der Waals surface area contributed by atoms with Crippen molar-refractivity contribution in [3.05, 3.63) is 16.7 Å². The van der Waals surface area contributed by atoms with E-state index in [4.69, 9.17) is 18.3 Å². The summed E-state index contributed by atoms with van der Waals surface area (Å²) in [4.78, 5) is 36.6. The van der Waals surface area contributed by atoms with Gasteiger partial charge in [0.1, 0.15) is 18.3 Å². The van der Waals surface area contributed by atoms with Crippen LogP contribution >= 0.6 is 0 Å². The molecule has 1 aliphatic heterocycles. The third-order valence-electron chi connectivity index (χ3n) is 8.68. The number of nitrogens with one attached hydrogen (secondary N) is 2. The van der Waals surface area contributed by atoms with E-state index < -0.39 is 46.7 Å². The lowest BCUT2D eigenvalue weighted by Crippen LogP contribution is -2.51. The minimum Gasteiger partial charge on any atom is -0.414 e. The summed E-state index contributed by atoms with van der Waals surface area (Å²) in [6.07, 6.45) is -0.508. The maximum atomic E-state index is 12.8. The number of amides is 1. The van der Waals surface area contributed by atoms with Crippen molar-refractivity contribution in [1.29, 1.82) is 0 Å². The number of aromatic amines is 1.